The van der Waals surface area contributed by atoms with Crippen molar-refractivity contribution >= 4 is 0 Å². The van der Waals surface area contributed by atoms with E-state index >= 15 is 0 Å². The van der Waals surface area contributed by atoms with Gasteiger partial charge in [-0.2, -0.15) is 0 Å². The second-order valence-electron chi connectivity index (χ2n) is 5.41. The molecule has 1 heterocycles. The standard InChI is InChI=1S/C12H24N2O/c1-14-8-7-12(9-14,10-15)13-11-5-3-2-4-6-11/h11,13,15H,2-10H2,1H3. The van der Waals surface area contributed by atoms with Crippen molar-refractivity contribution in [1.29, 1.82) is 0 Å². The van der Waals surface area contributed by atoms with Gasteiger partial charge in [0.2, 0.25) is 0 Å². The van der Waals surface area contributed by atoms with Crippen LogP contribution in [0.5, 0.6) is 0 Å². The van der Waals surface area contributed by atoms with E-state index in [1.165, 1.54) is 32.1 Å². The Hall–Kier alpha value is -0.120. The fourth-order valence-corrected chi connectivity index (χ4v) is 3.05. The maximum absolute atomic E-state index is 9.58. The first-order valence-electron chi connectivity index (χ1n) is 6.31. The molecule has 0 bridgehead atoms. The average Bonchev–Trinajstić information content (AvgIpc) is 2.62. The zero-order valence-electron chi connectivity index (χ0n) is 9.84. The summed E-state index contributed by atoms with van der Waals surface area (Å²) in [5.74, 6) is 0. The Balaban J connectivity index is 1.89. The maximum Gasteiger partial charge on any atom is 0.0626 e. The molecule has 1 atom stereocenters. The molecule has 1 aliphatic heterocycles. The lowest BCUT2D eigenvalue weighted by molar-refractivity contribution is 0.142. The van der Waals surface area contributed by atoms with Gasteiger partial charge in [-0.05, 0) is 32.9 Å². The third-order valence-corrected chi connectivity index (χ3v) is 3.96. The first kappa shape index (κ1) is 11.4. The number of hydrogen-bond donors (Lipinski definition) is 2. The van der Waals surface area contributed by atoms with E-state index in [1.807, 2.05) is 0 Å². The summed E-state index contributed by atoms with van der Waals surface area (Å²) in [6.45, 7) is 2.40. The van der Waals surface area contributed by atoms with Crippen molar-refractivity contribution in [2.75, 3.05) is 26.7 Å². The molecule has 2 aliphatic rings. The molecule has 1 unspecified atom stereocenters. The molecular weight excluding hydrogens is 188 g/mol. The predicted octanol–water partition coefficient (Wildman–Crippen LogP) is 0.975. The molecule has 88 valence electrons. The van der Waals surface area contributed by atoms with Gasteiger partial charge < -0.3 is 15.3 Å². The van der Waals surface area contributed by atoms with Gasteiger partial charge in [0.1, 0.15) is 0 Å². The topological polar surface area (TPSA) is 35.5 Å². The van der Waals surface area contributed by atoms with Crippen LogP contribution in [-0.4, -0.2) is 48.3 Å². The van der Waals surface area contributed by atoms with E-state index in [4.69, 9.17) is 0 Å². The van der Waals surface area contributed by atoms with Gasteiger partial charge in [0.05, 0.1) is 12.1 Å². The van der Waals surface area contributed by atoms with E-state index in [2.05, 4.69) is 17.3 Å². The SMILES string of the molecule is CN1CCC(CO)(NC2CCCCC2)C1. The molecule has 2 rings (SSSR count). The van der Waals surface area contributed by atoms with Crippen LogP contribution in [0.15, 0.2) is 0 Å². The second kappa shape index (κ2) is 4.81. The third-order valence-electron chi connectivity index (χ3n) is 3.96. The monoisotopic (exact) mass is 212 g/mol. The van der Waals surface area contributed by atoms with E-state index in [0.717, 1.165) is 19.5 Å². The third kappa shape index (κ3) is 2.71. The zero-order valence-corrected chi connectivity index (χ0v) is 9.84. The van der Waals surface area contributed by atoms with Crippen LogP contribution in [-0.2, 0) is 0 Å². The first-order chi connectivity index (χ1) is 7.24. The highest BCUT2D eigenvalue weighted by molar-refractivity contribution is 4.98. The predicted molar refractivity (Wildman–Crippen MR) is 61.9 cm³/mol. The van der Waals surface area contributed by atoms with Crippen molar-refractivity contribution in [1.82, 2.24) is 10.2 Å². The van der Waals surface area contributed by atoms with E-state index in [-0.39, 0.29) is 12.1 Å². The Labute approximate surface area is 92.8 Å². The molecule has 0 aromatic carbocycles. The molecular formula is C12H24N2O. The highest BCUT2D eigenvalue weighted by Gasteiger charge is 2.37. The molecule has 2 N–H and O–H groups in total. The number of likely N-dealkylation sites (tertiary alicyclic amines) is 1. The molecule has 0 spiro atoms. The summed E-state index contributed by atoms with van der Waals surface area (Å²) < 4.78 is 0. The summed E-state index contributed by atoms with van der Waals surface area (Å²) in [4.78, 5) is 2.31. The molecule has 0 amide bonds. The molecule has 1 aliphatic carbocycles. The number of nitrogens with one attached hydrogen (secondary N) is 1. The fraction of sp³-hybridized carbons (Fsp3) is 1.00. The number of aliphatic hydroxyl groups is 1. The highest BCUT2D eigenvalue weighted by Crippen LogP contribution is 2.25. The van der Waals surface area contributed by atoms with Crippen LogP contribution in [0, 0.1) is 0 Å². The summed E-state index contributed by atoms with van der Waals surface area (Å²) in [6, 6.07) is 0.650. The minimum Gasteiger partial charge on any atom is -0.394 e. The molecule has 0 radical (unpaired) electrons. The lowest BCUT2D eigenvalue weighted by Gasteiger charge is -2.35. The number of aliphatic hydroxyl groups excluding tert-OH is 1. The zero-order chi connectivity index (χ0) is 10.7. The lowest BCUT2D eigenvalue weighted by Crippen LogP contribution is -2.55. The quantitative estimate of drug-likeness (QED) is 0.732. The van der Waals surface area contributed by atoms with E-state index in [1.54, 1.807) is 0 Å². The maximum atomic E-state index is 9.58. The van der Waals surface area contributed by atoms with E-state index in [0.29, 0.717) is 6.04 Å². The van der Waals surface area contributed by atoms with Gasteiger partial charge in [0.15, 0.2) is 0 Å². The van der Waals surface area contributed by atoms with Crippen molar-refractivity contribution in [3.63, 3.8) is 0 Å². The minimum absolute atomic E-state index is 0.00322. The largest absolute Gasteiger partial charge is 0.394 e. The van der Waals surface area contributed by atoms with Crippen LogP contribution in [0.4, 0.5) is 0 Å². The Morgan fingerprint density at radius 1 is 1.33 bits per heavy atom. The summed E-state index contributed by atoms with van der Waals surface area (Å²) >= 11 is 0. The minimum atomic E-state index is -0.00322. The molecule has 0 aromatic rings. The van der Waals surface area contributed by atoms with Gasteiger partial charge >= 0.3 is 0 Å². The normalized spacial score (nSPS) is 34.8. The fourth-order valence-electron chi connectivity index (χ4n) is 3.05. The molecule has 3 heteroatoms. The van der Waals surface area contributed by atoms with Gasteiger partial charge in [-0.1, -0.05) is 19.3 Å². The molecule has 1 saturated carbocycles. The first-order valence-corrected chi connectivity index (χ1v) is 6.31. The van der Waals surface area contributed by atoms with E-state index in [9.17, 15) is 5.11 Å². The van der Waals surface area contributed by atoms with Crippen molar-refractivity contribution < 1.29 is 5.11 Å². The van der Waals surface area contributed by atoms with Gasteiger partial charge in [-0.25, -0.2) is 0 Å². The Kier molecular flexibility index (Phi) is 3.65. The van der Waals surface area contributed by atoms with Crippen LogP contribution in [0.1, 0.15) is 38.5 Å². The number of nitrogens with zero attached hydrogens (tertiary/aromatic N) is 1. The molecule has 15 heavy (non-hydrogen) atoms. The molecule has 3 nitrogen and oxygen atoms in total. The van der Waals surface area contributed by atoms with Crippen molar-refractivity contribution in [3.8, 4) is 0 Å². The van der Waals surface area contributed by atoms with Crippen molar-refractivity contribution in [2.24, 2.45) is 0 Å². The van der Waals surface area contributed by atoms with Gasteiger partial charge in [0.25, 0.3) is 0 Å². The van der Waals surface area contributed by atoms with E-state index < -0.39 is 0 Å². The van der Waals surface area contributed by atoms with Crippen LogP contribution in [0.2, 0.25) is 0 Å². The summed E-state index contributed by atoms with van der Waals surface area (Å²) in [5, 5.41) is 13.3. The number of rotatable bonds is 3. The van der Waals surface area contributed by atoms with Gasteiger partial charge in [-0.15, -0.1) is 0 Å². The average molecular weight is 212 g/mol. The number of likely N-dealkylation sites (N-methyl/N-ethyl adjacent to an activating group) is 1. The summed E-state index contributed by atoms with van der Waals surface area (Å²) in [6.07, 6.45) is 7.79. The van der Waals surface area contributed by atoms with Crippen LogP contribution < -0.4 is 5.32 Å². The molecule has 2 fully saturated rings. The summed E-state index contributed by atoms with van der Waals surface area (Å²) in [7, 11) is 2.14. The number of hydrogen-bond acceptors (Lipinski definition) is 3. The van der Waals surface area contributed by atoms with Gasteiger partial charge in [0, 0.05) is 12.6 Å². The molecule has 0 aromatic heterocycles. The van der Waals surface area contributed by atoms with Crippen LogP contribution in [0.25, 0.3) is 0 Å². The second-order valence-corrected chi connectivity index (χ2v) is 5.41. The Bertz CT molecular complexity index is 204. The van der Waals surface area contributed by atoms with Crippen LogP contribution >= 0.6 is 0 Å². The van der Waals surface area contributed by atoms with Crippen molar-refractivity contribution in [2.45, 2.75) is 50.1 Å². The summed E-state index contributed by atoms with van der Waals surface area (Å²) in [5.41, 5.74) is -0.00322. The smallest absolute Gasteiger partial charge is 0.0626 e. The molecule has 1 saturated heterocycles. The highest BCUT2D eigenvalue weighted by atomic mass is 16.3. The van der Waals surface area contributed by atoms with Crippen LogP contribution in [0.3, 0.4) is 0 Å². The Morgan fingerprint density at radius 3 is 2.60 bits per heavy atom. The van der Waals surface area contributed by atoms with Gasteiger partial charge in [-0.3, -0.25) is 0 Å². The Morgan fingerprint density at radius 2 is 2.07 bits per heavy atom. The van der Waals surface area contributed by atoms with Crippen molar-refractivity contribution in [3.05, 3.63) is 0 Å². The lowest BCUT2D eigenvalue weighted by atomic mass is 9.91.